The standard InChI is InChI=1S/C13H18N2/c1-10(2)13(9-14)11-5-7-12(8-6-11)15(3)4/h5-8,10,13H,1-4H3. The highest BCUT2D eigenvalue weighted by molar-refractivity contribution is 5.47. The summed E-state index contributed by atoms with van der Waals surface area (Å²) in [5.41, 5.74) is 2.28. The van der Waals surface area contributed by atoms with Crippen LogP contribution in [0.1, 0.15) is 25.3 Å². The maximum Gasteiger partial charge on any atom is 0.0735 e. The van der Waals surface area contributed by atoms with E-state index in [1.54, 1.807) is 0 Å². The first-order valence-electron chi connectivity index (χ1n) is 5.23. The molecule has 2 nitrogen and oxygen atoms in total. The predicted molar refractivity (Wildman–Crippen MR) is 64.0 cm³/mol. The Morgan fingerprint density at radius 1 is 1.13 bits per heavy atom. The van der Waals surface area contributed by atoms with E-state index in [-0.39, 0.29) is 5.92 Å². The van der Waals surface area contributed by atoms with E-state index in [9.17, 15) is 0 Å². The summed E-state index contributed by atoms with van der Waals surface area (Å²) >= 11 is 0. The fourth-order valence-electron chi connectivity index (χ4n) is 1.59. The van der Waals surface area contributed by atoms with Gasteiger partial charge in [-0.2, -0.15) is 5.26 Å². The number of nitriles is 1. The molecule has 0 spiro atoms. The van der Waals surface area contributed by atoms with Gasteiger partial charge in [-0.15, -0.1) is 0 Å². The summed E-state index contributed by atoms with van der Waals surface area (Å²) in [6, 6.07) is 10.6. The molecule has 80 valence electrons. The number of benzene rings is 1. The quantitative estimate of drug-likeness (QED) is 0.753. The van der Waals surface area contributed by atoms with Crippen LogP contribution in [0.25, 0.3) is 0 Å². The molecule has 2 heteroatoms. The van der Waals surface area contributed by atoms with Crippen molar-refractivity contribution in [3.05, 3.63) is 29.8 Å². The van der Waals surface area contributed by atoms with Crippen molar-refractivity contribution in [2.24, 2.45) is 5.92 Å². The van der Waals surface area contributed by atoms with Gasteiger partial charge in [0, 0.05) is 19.8 Å². The Hall–Kier alpha value is -1.49. The molecule has 0 aliphatic rings. The van der Waals surface area contributed by atoms with Crippen molar-refractivity contribution in [1.82, 2.24) is 0 Å². The highest BCUT2D eigenvalue weighted by atomic mass is 15.1. The van der Waals surface area contributed by atoms with Crippen LogP contribution >= 0.6 is 0 Å². The van der Waals surface area contributed by atoms with Crippen LogP contribution in [0.2, 0.25) is 0 Å². The fourth-order valence-corrected chi connectivity index (χ4v) is 1.59. The zero-order valence-corrected chi connectivity index (χ0v) is 9.86. The van der Waals surface area contributed by atoms with Crippen LogP contribution < -0.4 is 4.90 Å². The van der Waals surface area contributed by atoms with Gasteiger partial charge in [-0.3, -0.25) is 0 Å². The maximum atomic E-state index is 9.07. The molecule has 1 unspecified atom stereocenters. The van der Waals surface area contributed by atoms with Crippen molar-refractivity contribution in [2.45, 2.75) is 19.8 Å². The Bertz CT molecular complexity index is 344. The molecule has 0 aliphatic carbocycles. The second-order valence-electron chi connectivity index (χ2n) is 4.34. The van der Waals surface area contributed by atoms with Gasteiger partial charge < -0.3 is 4.90 Å². The molecule has 0 saturated carbocycles. The van der Waals surface area contributed by atoms with Gasteiger partial charge in [0.2, 0.25) is 0 Å². The van der Waals surface area contributed by atoms with Gasteiger partial charge in [-0.25, -0.2) is 0 Å². The Balaban J connectivity index is 2.93. The maximum absolute atomic E-state index is 9.07. The number of anilines is 1. The molecular weight excluding hydrogens is 184 g/mol. The van der Waals surface area contributed by atoms with Crippen LogP contribution in [0.4, 0.5) is 5.69 Å². The summed E-state index contributed by atoms with van der Waals surface area (Å²) in [5.74, 6) is 0.362. The lowest BCUT2D eigenvalue weighted by Gasteiger charge is -2.16. The Labute approximate surface area is 92.1 Å². The molecular formula is C13H18N2. The van der Waals surface area contributed by atoms with Crippen molar-refractivity contribution in [3.63, 3.8) is 0 Å². The molecule has 0 bridgehead atoms. The SMILES string of the molecule is CC(C)C(C#N)c1ccc(N(C)C)cc1. The second kappa shape index (κ2) is 4.84. The molecule has 0 heterocycles. The zero-order valence-electron chi connectivity index (χ0n) is 9.86. The molecule has 0 amide bonds. The summed E-state index contributed by atoms with van der Waals surface area (Å²) in [6.45, 7) is 4.15. The summed E-state index contributed by atoms with van der Waals surface area (Å²) in [5, 5.41) is 9.07. The van der Waals surface area contributed by atoms with Crippen molar-refractivity contribution in [3.8, 4) is 6.07 Å². The minimum Gasteiger partial charge on any atom is -0.378 e. The molecule has 0 radical (unpaired) electrons. The van der Waals surface area contributed by atoms with Crippen LogP contribution in [-0.2, 0) is 0 Å². The third-order valence-electron chi connectivity index (χ3n) is 2.57. The van der Waals surface area contributed by atoms with E-state index in [0.717, 1.165) is 5.56 Å². The van der Waals surface area contributed by atoms with Crippen LogP contribution in [0.15, 0.2) is 24.3 Å². The molecule has 1 aromatic carbocycles. The Morgan fingerprint density at radius 3 is 2.00 bits per heavy atom. The van der Waals surface area contributed by atoms with Gasteiger partial charge in [0.25, 0.3) is 0 Å². The molecule has 1 aromatic rings. The van der Waals surface area contributed by atoms with Gasteiger partial charge in [0.05, 0.1) is 12.0 Å². The minimum absolute atomic E-state index is 0.00112. The summed E-state index contributed by atoms with van der Waals surface area (Å²) < 4.78 is 0. The zero-order chi connectivity index (χ0) is 11.4. The van der Waals surface area contributed by atoms with E-state index in [1.165, 1.54) is 5.69 Å². The third-order valence-corrected chi connectivity index (χ3v) is 2.57. The molecule has 0 aliphatic heterocycles. The van der Waals surface area contributed by atoms with Crippen molar-refractivity contribution in [1.29, 1.82) is 5.26 Å². The molecule has 0 aromatic heterocycles. The number of hydrogen-bond donors (Lipinski definition) is 0. The highest BCUT2D eigenvalue weighted by Crippen LogP contribution is 2.25. The molecule has 1 atom stereocenters. The van der Waals surface area contributed by atoms with Gasteiger partial charge in [-0.1, -0.05) is 26.0 Å². The van der Waals surface area contributed by atoms with Crippen molar-refractivity contribution in [2.75, 3.05) is 19.0 Å². The summed E-state index contributed by atoms with van der Waals surface area (Å²) in [7, 11) is 4.03. The van der Waals surface area contributed by atoms with E-state index in [1.807, 2.05) is 26.2 Å². The van der Waals surface area contributed by atoms with E-state index in [2.05, 4.69) is 36.9 Å². The average Bonchev–Trinajstić information content (AvgIpc) is 2.19. The van der Waals surface area contributed by atoms with E-state index < -0.39 is 0 Å². The van der Waals surface area contributed by atoms with Gasteiger partial charge in [-0.05, 0) is 23.6 Å². The van der Waals surface area contributed by atoms with Crippen LogP contribution in [0.3, 0.4) is 0 Å². The molecule has 0 saturated heterocycles. The van der Waals surface area contributed by atoms with E-state index >= 15 is 0 Å². The fraction of sp³-hybridized carbons (Fsp3) is 0.462. The smallest absolute Gasteiger partial charge is 0.0735 e. The van der Waals surface area contributed by atoms with Crippen molar-refractivity contribution < 1.29 is 0 Å². The largest absolute Gasteiger partial charge is 0.378 e. The predicted octanol–water partition coefficient (Wildman–Crippen LogP) is 3.02. The van der Waals surface area contributed by atoms with Gasteiger partial charge in [0.15, 0.2) is 0 Å². The summed E-state index contributed by atoms with van der Waals surface area (Å²) in [6.07, 6.45) is 0. The van der Waals surface area contributed by atoms with Crippen molar-refractivity contribution >= 4 is 5.69 Å². The van der Waals surface area contributed by atoms with E-state index in [0.29, 0.717) is 5.92 Å². The molecule has 0 fully saturated rings. The lowest BCUT2D eigenvalue weighted by atomic mass is 9.90. The third kappa shape index (κ3) is 2.73. The Kier molecular flexibility index (Phi) is 3.74. The number of nitrogens with zero attached hydrogens (tertiary/aromatic N) is 2. The van der Waals surface area contributed by atoms with Gasteiger partial charge in [0.1, 0.15) is 0 Å². The lowest BCUT2D eigenvalue weighted by Crippen LogP contribution is -2.09. The number of rotatable bonds is 3. The average molecular weight is 202 g/mol. The monoisotopic (exact) mass is 202 g/mol. The van der Waals surface area contributed by atoms with E-state index in [4.69, 9.17) is 5.26 Å². The molecule has 15 heavy (non-hydrogen) atoms. The minimum atomic E-state index is 0.00112. The summed E-state index contributed by atoms with van der Waals surface area (Å²) in [4.78, 5) is 2.06. The van der Waals surface area contributed by atoms with Crippen LogP contribution in [0, 0.1) is 17.2 Å². The first-order chi connectivity index (χ1) is 7.06. The molecule has 0 N–H and O–H groups in total. The second-order valence-corrected chi connectivity index (χ2v) is 4.34. The van der Waals surface area contributed by atoms with Crippen LogP contribution in [0.5, 0.6) is 0 Å². The highest BCUT2D eigenvalue weighted by Gasteiger charge is 2.14. The first kappa shape index (κ1) is 11.6. The lowest BCUT2D eigenvalue weighted by molar-refractivity contribution is 0.587. The first-order valence-corrected chi connectivity index (χ1v) is 5.23. The normalized spacial score (nSPS) is 12.3. The van der Waals surface area contributed by atoms with Crippen LogP contribution in [-0.4, -0.2) is 14.1 Å². The molecule has 1 rings (SSSR count). The number of hydrogen-bond acceptors (Lipinski definition) is 2. The topological polar surface area (TPSA) is 27.0 Å². The van der Waals surface area contributed by atoms with Gasteiger partial charge >= 0.3 is 0 Å². The Morgan fingerprint density at radius 2 is 1.67 bits per heavy atom.